The fraction of sp³-hybridized carbons (Fsp3) is 0.0909. The molecule has 0 radical (unpaired) electrons. The largest absolute Gasteiger partial charge is 0.480 e. The minimum Gasteiger partial charge on any atom is -0.480 e. The lowest BCUT2D eigenvalue weighted by Gasteiger charge is -2.13. The summed E-state index contributed by atoms with van der Waals surface area (Å²) in [4.78, 5) is 16.1. The number of rotatable bonds is 6. The van der Waals surface area contributed by atoms with Crippen LogP contribution in [0.3, 0.4) is 0 Å². The molecule has 1 atom stereocenters. The minimum atomic E-state index is -1.59. The number of carboxylic acid groups (broad SMARTS) is 1. The quantitative estimate of drug-likeness (QED) is 0.498. The molecule has 0 saturated heterocycles. The van der Waals surface area contributed by atoms with E-state index in [0.717, 1.165) is 12.1 Å². The van der Waals surface area contributed by atoms with Gasteiger partial charge in [-0.15, -0.1) is 0 Å². The smallest absolute Gasteiger partial charge is 0.328 e. The third-order valence-corrected chi connectivity index (χ3v) is 4.14. The third-order valence-electron chi connectivity index (χ3n) is 4.14. The van der Waals surface area contributed by atoms with Crippen molar-refractivity contribution in [1.29, 1.82) is 0 Å². The Hall–Kier alpha value is -3.41. The Morgan fingerprint density at radius 3 is 1.75 bits per heavy atom. The molecule has 0 aromatic heterocycles. The van der Waals surface area contributed by atoms with Crippen molar-refractivity contribution in [2.75, 3.05) is 0 Å². The number of benzene rings is 3. The Labute approximate surface area is 159 Å². The summed E-state index contributed by atoms with van der Waals surface area (Å²) in [5.41, 5.74) is 1.86. The third kappa shape index (κ3) is 4.46. The molecule has 3 rings (SSSR count). The lowest BCUT2D eigenvalue weighted by molar-refractivity contribution is -0.138. The topological polar surface area (TPSA) is 49.7 Å². The predicted octanol–water partition coefficient (Wildman–Crippen LogP) is 4.64. The summed E-state index contributed by atoms with van der Waals surface area (Å²) < 4.78 is 40.1. The second kappa shape index (κ2) is 8.52. The van der Waals surface area contributed by atoms with Crippen molar-refractivity contribution in [3.05, 3.63) is 107 Å². The first-order valence-corrected chi connectivity index (χ1v) is 8.50. The summed E-state index contributed by atoms with van der Waals surface area (Å²) in [6.07, 6.45) is -0.285. The van der Waals surface area contributed by atoms with Gasteiger partial charge < -0.3 is 5.11 Å². The van der Waals surface area contributed by atoms with Crippen LogP contribution >= 0.6 is 0 Å². The van der Waals surface area contributed by atoms with Crippen LogP contribution in [0.2, 0.25) is 0 Å². The van der Waals surface area contributed by atoms with E-state index in [1.807, 2.05) is 12.1 Å². The van der Waals surface area contributed by atoms with Crippen molar-refractivity contribution in [3.63, 3.8) is 0 Å². The summed E-state index contributed by atoms with van der Waals surface area (Å²) in [6, 6.07) is 18.3. The van der Waals surface area contributed by atoms with Crippen molar-refractivity contribution in [3.8, 4) is 0 Å². The van der Waals surface area contributed by atoms with Crippen LogP contribution in [0.1, 0.15) is 16.7 Å². The van der Waals surface area contributed by atoms with E-state index in [1.165, 1.54) is 0 Å². The van der Waals surface area contributed by atoms with Gasteiger partial charge in [0, 0.05) is 17.5 Å². The summed E-state index contributed by atoms with van der Waals surface area (Å²) >= 11 is 0. The van der Waals surface area contributed by atoms with Crippen molar-refractivity contribution < 1.29 is 23.1 Å². The molecule has 3 aromatic rings. The summed E-state index contributed by atoms with van der Waals surface area (Å²) in [5, 5.41) is 9.60. The van der Waals surface area contributed by atoms with Gasteiger partial charge in [-0.1, -0.05) is 60.7 Å². The number of aliphatic carboxylic acids is 1. The fourth-order valence-electron chi connectivity index (χ4n) is 2.80. The molecule has 28 heavy (non-hydrogen) atoms. The lowest BCUT2D eigenvalue weighted by Crippen LogP contribution is -2.23. The van der Waals surface area contributed by atoms with Crippen LogP contribution < -0.4 is 0 Å². The molecule has 0 spiro atoms. The van der Waals surface area contributed by atoms with E-state index in [1.54, 1.807) is 48.5 Å². The summed E-state index contributed by atoms with van der Waals surface area (Å²) in [6.45, 7) is 0. The van der Waals surface area contributed by atoms with Gasteiger partial charge in [-0.2, -0.15) is 0 Å². The number of nitrogens with zero attached hydrogens (tertiary/aromatic N) is 1. The Bertz CT molecular complexity index is 940. The van der Waals surface area contributed by atoms with Crippen LogP contribution in [0.4, 0.5) is 13.2 Å². The van der Waals surface area contributed by atoms with Crippen LogP contribution in [-0.2, 0) is 11.2 Å². The highest BCUT2D eigenvalue weighted by Gasteiger charge is 2.21. The van der Waals surface area contributed by atoms with Crippen molar-refractivity contribution in [2.24, 2.45) is 4.99 Å². The molecule has 0 aliphatic carbocycles. The average Bonchev–Trinajstić information content (AvgIpc) is 2.70. The van der Waals surface area contributed by atoms with Gasteiger partial charge in [-0.25, -0.2) is 18.0 Å². The Balaban J connectivity index is 2.04. The maximum absolute atomic E-state index is 13.5. The first-order valence-electron chi connectivity index (χ1n) is 8.50. The average molecular weight is 383 g/mol. The molecular formula is C22H16F3NO2. The molecule has 0 fully saturated rings. The molecule has 0 amide bonds. The highest BCUT2D eigenvalue weighted by molar-refractivity contribution is 6.13. The molecule has 0 aliphatic rings. The Kier molecular flexibility index (Phi) is 5.89. The first-order chi connectivity index (χ1) is 13.5. The zero-order valence-electron chi connectivity index (χ0n) is 14.6. The van der Waals surface area contributed by atoms with Gasteiger partial charge >= 0.3 is 5.97 Å². The zero-order chi connectivity index (χ0) is 20.1. The molecule has 0 saturated carbocycles. The normalized spacial score (nSPS) is 11.7. The summed E-state index contributed by atoms with van der Waals surface area (Å²) in [5.74, 6) is -5.58. The van der Waals surface area contributed by atoms with Crippen LogP contribution in [0.25, 0.3) is 0 Å². The van der Waals surface area contributed by atoms with Crippen molar-refractivity contribution >= 4 is 11.7 Å². The van der Waals surface area contributed by atoms with E-state index in [2.05, 4.69) is 4.99 Å². The van der Waals surface area contributed by atoms with Gasteiger partial charge in [-0.05, 0) is 17.7 Å². The second-order valence-corrected chi connectivity index (χ2v) is 6.14. The zero-order valence-corrected chi connectivity index (χ0v) is 14.6. The van der Waals surface area contributed by atoms with E-state index in [4.69, 9.17) is 0 Å². The van der Waals surface area contributed by atoms with E-state index in [0.29, 0.717) is 16.8 Å². The second-order valence-electron chi connectivity index (χ2n) is 6.14. The monoisotopic (exact) mass is 383 g/mol. The molecule has 3 nitrogen and oxygen atoms in total. The van der Waals surface area contributed by atoms with Crippen molar-refractivity contribution in [1.82, 2.24) is 0 Å². The van der Waals surface area contributed by atoms with Gasteiger partial charge in [0.05, 0.1) is 5.71 Å². The lowest BCUT2D eigenvalue weighted by atomic mass is 10.0. The number of hydrogen-bond donors (Lipinski definition) is 1. The fourth-order valence-corrected chi connectivity index (χ4v) is 2.80. The SMILES string of the molecule is O=C(O)C(Cc1cc(F)c(F)c(F)c1)N=C(c1ccccc1)c1ccccc1. The van der Waals surface area contributed by atoms with Gasteiger partial charge in [-0.3, -0.25) is 4.99 Å². The van der Waals surface area contributed by atoms with Gasteiger partial charge in [0.15, 0.2) is 23.5 Å². The predicted molar refractivity (Wildman–Crippen MR) is 100.0 cm³/mol. The molecule has 142 valence electrons. The highest BCUT2D eigenvalue weighted by atomic mass is 19.2. The van der Waals surface area contributed by atoms with Gasteiger partial charge in [0.2, 0.25) is 0 Å². The van der Waals surface area contributed by atoms with Crippen LogP contribution in [0, 0.1) is 17.5 Å². The minimum absolute atomic E-state index is 0.00743. The van der Waals surface area contributed by atoms with Crippen LogP contribution in [0.15, 0.2) is 77.8 Å². The number of halogens is 3. The number of aliphatic imine (C=N–C) groups is 1. The standard InChI is InChI=1S/C22H16F3NO2/c23-17-11-14(12-18(24)20(17)25)13-19(22(27)28)26-21(15-7-3-1-4-8-15)16-9-5-2-6-10-16/h1-12,19H,13H2,(H,27,28). The molecule has 1 unspecified atom stereocenters. The summed E-state index contributed by atoms with van der Waals surface area (Å²) in [7, 11) is 0. The Morgan fingerprint density at radius 2 is 1.32 bits per heavy atom. The van der Waals surface area contributed by atoms with Gasteiger partial charge in [0.1, 0.15) is 0 Å². The van der Waals surface area contributed by atoms with E-state index < -0.39 is 29.5 Å². The highest BCUT2D eigenvalue weighted by Crippen LogP contribution is 2.18. The number of carboxylic acids is 1. The van der Waals surface area contributed by atoms with Crippen molar-refractivity contribution in [2.45, 2.75) is 12.5 Å². The Morgan fingerprint density at radius 1 is 0.857 bits per heavy atom. The van der Waals surface area contributed by atoms with E-state index >= 15 is 0 Å². The van der Waals surface area contributed by atoms with Crippen LogP contribution in [0.5, 0.6) is 0 Å². The number of carbonyl (C=O) groups is 1. The molecule has 0 bridgehead atoms. The van der Waals surface area contributed by atoms with Gasteiger partial charge in [0.25, 0.3) is 0 Å². The molecule has 1 N–H and O–H groups in total. The maximum Gasteiger partial charge on any atom is 0.328 e. The van der Waals surface area contributed by atoms with E-state index in [-0.39, 0.29) is 12.0 Å². The maximum atomic E-state index is 13.5. The molecule has 3 aromatic carbocycles. The molecular weight excluding hydrogens is 367 g/mol. The molecule has 0 heterocycles. The first kappa shape index (κ1) is 19.4. The van der Waals surface area contributed by atoms with E-state index in [9.17, 15) is 23.1 Å². The molecule has 6 heteroatoms. The van der Waals surface area contributed by atoms with Crippen LogP contribution in [-0.4, -0.2) is 22.8 Å². The molecule has 0 aliphatic heterocycles. The number of hydrogen-bond acceptors (Lipinski definition) is 2.